The lowest BCUT2D eigenvalue weighted by molar-refractivity contribution is 0.0948. The molecule has 0 fully saturated rings. The lowest BCUT2D eigenvalue weighted by Crippen LogP contribution is -2.22. The van der Waals surface area contributed by atoms with E-state index in [-0.39, 0.29) is 17.1 Å². The van der Waals surface area contributed by atoms with Crippen LogP contribution in [-0.4, -0.2) is 16.1 Å². The highest BCUT2D eigenvalue weighted by molar-refractivity contribution is 9.08. The van der Waals surface area contributed by atoms with Crippen LogP contribution < -0.4 is 5.32 Å². The first-order chi connectivity index (χ1) is 9.60. The summed E-state index contributed by atoms with van der Waals surface area (Å²) in [6, 6.07) is 11.7. The van der Waals surface area contributed by atoms with Crippen molar-refractivity contribution in [1.82, 2.24) is 5.32 Å². The van der Waals surface area contributed by atoms with Crippen LogP contribution in [0.5, 0.6) is 11.5 Å². The molecule has 0 spiro atoms. The number of rotatable bonds is 4. The number of hydrogen-bond donors (Lipinski definition) is 3. The van der Waals surface area contributed by atoms with Crippen LogP contribution in [0.1, 0.15) is 21.5 Å². The molecule has 2 aromatic carbocycles. The molecule has 3 N–H and O–H groups in total. The van der Waals surface area contributed by atoms with Crippen molar-refractivity contribution in [3.63, 3.8) is 0 Å². The van der Waals surface area contributed by atoms with E-state index < -0.39 is 5.91 Å². The Morgan fingerprint density at radius 2 is 1.85 bits per heavy atom. The zero-order valence-electron chi connectivity index (χ0n) is 10.6. The van der Waals surface area contributed by atoms with Crippen molar-refractivity contribution in [3.05, 3.63) is 59.2 Å². The van der Waals surface area contributed by atoms with Crippen LogP contribution >= 0.6 is 15.9 Å². The molecule has 0 aliphatic heterocycles. The van der Waals surface area contributed by atoms with Gasteiger partial charge in [-0.05, 0) is 29.3 Å². The maximum atomic E-state index is 12.0. The van der Waals surface area contributed by atoms with Crippen molar-refractivity contribution in [2.45, 2.75) is 11.9 Å². The van der Waals surface area contributed by atoms with Gasteiger partial charge in [-0.2, -0.15) is 0 Å². The zero-order chi connectivity index (χ0) is 14.5. The van der Waals surface area contributed by atoms with Gasteiger partial charge in [-0.1, -0.05) is 40.2 Å². The molecule has 0 unspecified atom stereocenters. The molecule has 0 saturated carbocycles. The average Bonchev–Trinajstić information content (AvgIpc) is 2.47. The molecule has 0 heterocycles. The lowest BCUT2D eigenvalue weighted by Gasteiger charge is -2.08. The predicted octanol–water partition coefficient (Wildman–Crippen LogP) is 2.92. The van der Waals surface area contributed by atoms with E-state index in [2.05, 4.69) is 21.2 Å². The number of halogens is 1. The molecule has 0 atom stereocenters. The number of benzene rings is 2. The number of hydrogen-bond acceptors (Lipinski definition) is 3. The molecule has 104 valence electrons. The Labute approximate surface area is 125 Å². The molecule has 0 aliphatic rings. The van der Waals surface area contributed by atoms with Crippen molar-refractivity contribution in [2.24, 2.45) is 0 Å². The maximum Gasteiger partial charge on any atom is 0.255 e. The molecule has 0 radical (unpaired) electrons. The Morgan fingerprint density at radius 3 is 2.60 bits per heavy atom. The molecule has 0 aliphatic carbocycles. The van der Waals surface area contributed by atoms with Gasteiger partial charge in [0, 0.05) is 11.9 Å². The summed E-state index contributed by atoms with van der Waals surface area (Å²) in [5.41, 5.74) is 2.15. The van der Waals surface area contributed by atoms with E-state index in [0.29, 0.717) is 6.54 Å². The lowest BCUT2D eigenvalue weighted by atomic mass is 10.1. The van der Waals surface area contributed by atoms with E-state index >= 15 is 0 Å². The summed E-state index contributed by atoms with van der Waals surface area (Å²) >= 11 is 3.38. The van der Waals surface area contributed by atoms with E-state index in [1.165, 1.54) is 18.2 Å². The largest absolute Gasteiger partial charge is 0.508 e. The number of nitrogens with one attached hydrogen (secondary N) is 1. The van der Waals surface area contributed by atoms with Crippen LogP contribution in [0.15, 0.2) is 42.5 Å². The SMILES string of the molecule is O=C(NCc1cccc(CBr)c1)c1cc(O)ccc1O. The fourth-order valence-electron chi connectivity index (χ4n) is 1.81. The summed E-state index contributed by atoms with van der Waals surface area (Å²) in [6.07, 6.45) is 0. The van der Waals surface area contributed by atoms with Crippen molar-refractivity contribution in [3.8, 4) is 11.5 Å². The van der Waals surface area contributed by atoms with E-state index in [0.717, 1.165) is 16.5 Å². The third-order valence-electron chi connectivity index (χ3n) is 2.82. The molecule has 2 aromatic rings. The van der Waals surface area contributed by atoms with E-state index in [1.54, 1.807) is 0 Å². The average molecular weight is 336 g/mol. The predicted molar refractivity (Wildman–Crippen MR) is 80.0 cm³/mol. The van der Waals surface area contributed by atoms with Gasteiger partial charge in [0.2, 0.25) is 0 Å². The normalized spacial score (nSPS) is 10.2. The first kappa shape index (κ1) is 14.4. The Kier molecular flexibility index (Phi) is 4.63. The number of carbonyl (C=O) groups is 1. The molecule has 2 rings (SSSR count). The fourth-order valence-corrected chi connectivity index (χ4v) is 2.15. The third-order valence-corrected chi connectivity index (χ3v) is 3.47. The number of alkyl halides is 1. The molecule has 0 bridgehead atoms. The van der Waals surface area contributed by atoms with E-state index in [1.807, 2.05) is 24.3 Å². The zero-order valence-corrected chi connectivity index (χ0v) is 12.2. The number of phenolic OH excluding ortho intramolecular Hbond substituents is 2. The van der Waals surface area contributed by atoms with Gasteiger partial charge < -0.3 is 15.5 Å². The minimum atomic E-state index is -0.428. The Bertz CT molecular complexity index is 628. The van der Waals surface area contributed by atoms with Crippen molar-refractivity contribution < 1.29 is 15.0 Å². The monoisotopic (exact) mass is 335 g/mol. The standard InChI is InChI=1S/C15H14BrNO3/c16-8-10-2-1-3-11(6-10)9-17-15(20)13-7-12(18)4-5-14(13)19/h1-7,18-19H,8-9H2,(H,17,20). The van der Waals surface area contributed by atoms with Gasteiger partial charge in [0.05, 0.1) is 5.56 Å². The van der Waals surface area contributed by atoms with Gasteiger partial charge >= 0.3 is 0 Å². The minimum absolute atomic E-state index is 0.0571. The van der Waals surface area contributed by atoms with Gasteiger partial charge in [0.1, 0.15) is 11.5 Å². The molecule has 0 saturated heterocycles. The maximum absolute atomic E-state index is 12.0. The van der Waals surface area contributed by atoms with E-state index in [4.69, 9.17) is 0 Å². The topological polar surface area (TPSA) is 69.6 Å². The first-order valence-electron chi connectivity index (χ1n) is 6.04. The number of carbonyl (C=O) groups excluding carboxylic acids is 1. The summed E-state index contributed by atoms with van der Waals surface area (Å²) in [7, 11) is 0. The quantitative estimate of drug-likeness (QED) is 0.594. The molecule has 1 amide bonds. The number of phenols is 2. The van der Waals surface area contributed by atoms with Crippen LogP contribution in [0, 0.1) is 0 Å². The summed E-state index contributed by atoms with van der Waals surface area (Å²) in [5.74, 6) is -0.647. The molecular formula is C15H14BrNO3. The van der Waals surface area contributed by atoms with Crippen molar-refractivity contribution >= 4 is 21.8 Å². The van der Waals surface area contributed by atoms with Crippen molar-refractivity contribution in [1.29, 1.82) is 0 Å². The molecule has 0 aromatic heterocycles. The third kappa shape index (κ3) is 3.51. The van der Waals surface area contributed by atoms with Crippen LogP contribution in [0.4, 0.5) is 0 Å². The van der Waals surface area contributed by atoms with Gasteiger partial charge in [-0.25, -0.2) is 0 Å². The van der Waals surface area contributed by atoms with Crippen LogP contribution in [0.25, 0.3) is 0 Å². The molecular weight excluding hydrogens is 322 g/mol. The second kappa shape index (κ2) is 6.43. The highest BCUT2D eigenvalue weighted by Gasteiger charge is 2.11. The van der Waals surface area contributed by atoms with Gasteiger partial charge in [-0.3, -0.25) is 4.79 Å². The summed E-state index contributed by atoms with van der Waals surface area (Å²) in [5, 5.41) is 22.4. The fraction of sp³-hybridized carbons (Fsp3) is 0.133. The number of aromatic hydroxyl groups is 2. The Morgan fingerprint density at radius 1 is 1.10 bits per heavy atom. The molecule has 4 nitrogen and oxygen atoms in total. The van der Waals surface area contributed by atoms with Gasteiger partial charge in [0.25, 0.3) is 5.91 Å². The van der Waals surface area contributed by atoms with Gasteiger partial charge in [-0.15, -0.1) is 0 Å². The van der Waals surface area contributed by atoms with Crippen LogP contribution in [-0.2, 0) is 11.9 Å². The highest BCUT2D eigenvalue weighted by atomic mass is 79.9. The smallest absolute Gasteiger partial charge is 0.255 e. The minimum Gasteiger partial charge on any atom is -0.508 e. The second-order valence-corrected chi connectivity index (χ2v) is 4.90. The van der Waals surface area contributed by atoms with E-state index in [9.17, 15) is 15.0 Å². The van der Waals surface area contributed by atoms with Gasteiger partial charge in [0.15, 0.2) is 0 Å². The molecule has 5 heteroatoms. The highest BCUT2D eigenvalue weighted by Crippen LogP contribution is 2.21. The van der Waals surface area contributed by atoms with Crippen molar-refractivity contribution in [2.75, 3.05) is 0 Å². The summed E-state index contributed by atoms with van der Waals surface area (Å²) in [4.78, 5) is 12.0. The Balaban J connectivity index is 2.06. The number of amides is 1. The second-order valence-electron chi connectivity index (χ2n) is 4.34. The first-order valence-corrected chi connectivity index (χ1v) is 7.16. The van der Waals surface area contributed by atoms with Crippen LogP contribution in [0.2, 0.25) is 0 Å². The van der Waals surface area contributed by atoms with Crippen LogP contribution in [0.3, 0.4) is 0 Å². The summed E-state index contributed by atoms with van der Waals surface area (Å²) < 4.78 is 0. The molecule has 20 heavy (non-hydrogen) atoms. The summed E-state index contributed by atoms with van der Waals surface area (Å²) in [6.45, 7) is 0.356. The Hall–Kier alpha value is -2.01.